The molecule has 0 bridgehead atoms. The molecular weight excluding hydrogens is 310 g/mol. The average Bonchev–Trinajstić information content (AvgIpc) is 2.98. The summed E-state index contributed by atoms with van der Waals surface area (Å²) in [7, 11) is -1.09. The first-order chi connectivity index (χ1) is 10.4. The minimum Gasteiger partial charge on any atom is -0.479 e. The number of aromatic nitrogens is 4. The highest BCUT2D eigenvalue weighted by molar-refractivity contribution is 7.92. The van der Waals surface area contributed by atoms with Crippen LogP contribution in [0.1, 0.15) is 19.9 Å². The third kappa shape index (κ3) is 3.27. The number of hydrogen-bond donors (Lipinski definition) is 1. The Bertz CT molecular complexity index is 757. The van der Waals surface area contributed by atoms with E-state index in [0.29, 0.717) is 0 Å². The summed E-state index contributed by atoms with van der Waals surface area (Å²) < 4.78 is 38.6. The molecule has 0 amide bonds. The van der Waals surface area contributed by atoms with E-state index in [9.17, 15) is 8.42 Å². The van der Waals surface area contributed by atoms with Crippen molar-refractivity contribution in [2.24, 2.45) is 0 Å². The zero-order valence-electron chi connectivity index (χ0n) is 12.6. The number of sulfonamides is 1. The standard InChI is InChI=1S/C12H17N5O4S/c1-8(2)17-6-10(14-7-17)22(18,19)16-9-5-13-12(21-4)15-11(9)20-3/h5-8,16H,1-4H3. The van der Waals surface area contributed by atoms with Crippen LogP contribution in [-0.4, -0.2) is 42.2 Å². The molecule has 10 heteroatoms. The molecule has 0 aliphatic rings. The predicted molar refractivity (Wildman–Crippen MR) is 78.6 cm³/mol. The quantitative estimate of drug-likeness (QED) is 0.845. The zero-order valence-corrected chi connectivity index (χ0v) is 13.5. The third-order valence-electron chi connectivity index (χ3n) is 2.80. The number of anilines is 1. The monoisotopic (exact) mass is 327 g/mol. The largest absolute Gasteiger partial charge is 0.479 e. The van der Waals surface area contributed by atoms with Crippen LogP contribution in [0, 0.1) is 0 Å². The summed E-state index contributed by atoms with van der Waals surface area (Å²) >= 11 is 0. The van der Waals surface area contributed by atoms with E-state index < -0.39 is 10.0 Å². The van der Waals surface area contributed by atoms with E-state index in [0.717, 1.165) is 0 Å². The van der Waals surface area contributed by atoms with Gasteiger partial charge in [-0.1, -0.05) is 0 Å². The molecule has 0 atom stereocenters. The molecule has 0 fully saturated rings. The fourth-order valence-electron chi connectivity index (χ4n) is 1.61. The Balaban J connectivity index is 2.32. The van der Waals surface area contributed by atoms with Crippen LogP contribution in [0.5, 0.6) is 11.9 Å². The van der Waals surface area contributed by atoms with Crippen molar-refractivity contribution in [3.63, 3.8) is 0 Å². The Morgan fingerprint density at radius 1 is 1.23 bits per heavy atom. The first kappa shape index (κ1) is 16.0. The molecule has 0 unspecified atom stereocenters. The maximum Gasteiger partial charge on any atom is 0.319 e. The van der Waals surface area contributed by atoms with E-state index in [-0.39, 0.29) is 28.6 Å². The van der Waals surface area contributed by atoms with Crippen LogP contribution in [-0.2, 0) is 10.0 Å². The lowest BCUT2D eigenvalue weighted by atomic mass is 10.4. The van der Waals surface area contributed by atoms with Gasteiger partial charge in [-0.3, -0.25) is 4.72 Å². The van der Waals surface area contributed by atoms with Crippen molar-refractivity contribution < 1.29 is 17.9 Å². The number of imidazole rings is 1. The van der Waals surface area contributed by atoms with Crippen LogP contribution in [0.25, 0.3) is 0 Å². The molecule has 2 aromatic rings. The second-order valence-corrected chi connectivity index (χ2v) is 6.27. The fraction of sp³-hybridized carbons (Fsp3) is 0.417. The SMILES string of the molecule is COc1ncc(NS(=O)(=O)c2cn(C(C)C)cn2)c(OC)n1. The highest BCUT2D eigenvalue weighted by atomic mass is 32.2. The summed E-state index contributed by atoms with van der Waals surface area (Å²) in [6.07, 6.45) is 4.17. The minimum absolute atomic E-state index is 0.0544. The lowest BCUT2D eigenvalue weighted by Gasteiger charge is -2.10. The lowest BCUT2D eigenvalue weighted by Crippen LogP contribution is -2.15. The molecule has 0 saturated carbocycles. The van der Waals surface area contributed by atoms with E-state index in [2.05, 4.69) is 19.7 Å². The first-order valence-electron chi connectivity index (χ1n) is 6.38. The smallest absolute Gasteiger partial charge is 0.319 e. The van der Waals surface area contributed by atoms with Gasteiger partial charge in [0.15, 0.2) is 5.03 Å². The van der Waals surface area contributed by atoms with Gasteiger partial charge in [0.25, 0.3) is 10.0 Å². The van der Waals surface area contributed by atoms with Gasteiger partial charge in [0, 0.05) is 12.2 Å². The number of nitrogens with one attached hydrogen (secondary N) is 1. The summed E-state index contributed by atoms with van der Waals surface area (Å²) in [5.74, 6) is 0.0544. The van der Waals surface area contributed by atoms with E-state index in [1.807, 2.05) is 13.8 Å². The maximum absolute atomic E-state index is 12.3. The lowest BCUT2D eigenvalue weighted by molar-refractivity contribution is 0.353. The van der Waals surface area contributed by atoms with Crippen molar-refractivity contribution >= 4 is 15.7 Å². The van der Waals surface area contributed by atoms with Gasteiger partial charge in [-0.2, -0.15) is 13.4 Å². The van der Waals surface area contributed by atoms with Crippen LogP contribution < -0.4 is 14.2 Å². The normalized spacial score (nSPS) is 11.5. The zero-order chi connectivity index (χ0) is 16.3. The van der Waals surface area contributed by atoms with E-state index in [4.69, 9.17) is 9.47 Å². The van der Waals surface area contributed by atoms with Gasteiger partial charge in [-0.05, 0) is 13.8 Å². The fourth-order valence-corrected chi connectivity index (χ4v) is 2.59. The Hall–Kier alpha value is -2.36. The molecule has 120 valence electrons. The summed E-state index contributed by atoms with van der Waals surface area (Å²) in [6, 6.07) is 0.180. The minimum atomic E-state index is -3.86. The number of methoxy groups -OCH3 is 2. The molecule has 2 aromatic heterocycles. The molecular formula is C12H17N5O4S. The molecule has 0 spiro atoms. The van der Waals surface area contributed by atoms with Crippen molar-refractivity contribution in [2.45, 2.75) is 24.9 Å². The summed E-state index contributed by atoms with van der Waals surface area (Å²) in [6.45, 7) is 3.84. The first-order valence-corrected chi connectivity index (χ1v) is 7.87. The molecule has 2 rings (SSSR count). The van der Waals surface area contributed by atoms with Crippen molar-refractivity contribution in [3.8, 4) is 11.9 Å². The van der Waals surface area contributed by atoms with Crippen molar-refractivity contribution in [1.29, 1.82) is 0 Å². The summed E-state index contributed by atoms with van der Waals surface area (Å²) in [4.78, 5) is 11.7. The van der Waals surface area contributed by atoms with Gasteiger partial charge >= 0.3 is 6.01 Å². The van der Waals surface area contributed by atoms with Gasteiger partial charge in [0.1, 0.15) is 5.69 Å². The number of hydrogen-bond acceptors (Lipinski definition) is 7. The van der Waals surface area contributed by atoms with Crippen LogP contribution in [0.15, 0.2) is 23.7 Å². The maximum atomic E-state index is 12.3. The van der Waals surface area contributed by atoms with Gasteiger partial charge in [-0.25, -0.2) is 9.97 Å². The van der Waals surface area contributed by atoms with E-state index in [1.165, 1.54) is 32.9 Å². The second-order valence-electron chi connectivity index (χ2n) is 4.64. The molecule has 0 aliphatic heterocycles. The molecule has 0 radical (unpaired) electrons. The summed E-state index contributed by atoms with van der Waals surface area (Å²) in [5.41, 5.74) is 0.0994. The Kier molecular flexibility index (Phi) is 4.50. The highest BCUT2D eigenvalue weighted by Crippen LogP contribution is 2.25. The van der Waals surface area contributed by atoms with E-state index >= 15 is 0 Å². The molecule has 9 nitrogen and oxygen atoms in total. The molecule has 0 saturated heterocycles. The van der Waals surface area contributed by atoms with E-state index in [1.54, 1.807) is 4.57 Å². The molecule has 0 aromatic carbocycles. The van der Waals surface area contributed by atoms with Crippen molar-refractivity contribution in [2.75, 3.05) is 18.9 Å². The summed E-state index contributed by atoms with van der Waals surface area (Å²) in [5, 5.41) is -0.0981. The number of nitrogens with zero attached hydrogens (tertiary/aromatic N) is 4. The Labute approximate surface area is 128 Å². The van der Waals surface area contributed by atoms with Crippen LogP contribution in [0.3, 0.4) is 0 Å². The molecule has 22 heavy (non-hydrogen) atoms. The van der Waals surface area contributed by atoms with Crippen LogP contribution in [0.2, 0.25) is 0 Å². The second kappa shape index (κ2) is 6.18. The van der Waals surface area contributed by atoms with Gasteiger partial charge in [0.05, 0.1) is 26.7 Å². The topological polar surface area (TPSA) is 108 Å². The Morgan fingerprint density at radius 3 is 2.50 bits per heavy atom. The third-order valence-corrected chi connectivity index (χ3v) is 4.05. The van der Waals surface area contributed by atoms with Crippen molar-refractivity contribution in [1.82, 2.24) is 19.5 Å². The number of ether oxygens (including phenoxy) is 2. The molecule has 2 heterocycles. The number of rotatable bonds is 6. The molecule has 0 aliphatic carbocycles. The Morgan fingerprint density at radius 2 is 1.95 bits per heavy atom. The van der Waals surface area contributed by atoms with Crippen molar-refractivity contribution in [3.05, 3.63) is 18.7 Å². The van der Waals surface area contributed by atoms with Gasteiger partial charge in [0.2, 0.25) is 5.88 Å². The van der Waals surface area contributed by atoms with Gasteiger partial charge in [-0.15, -0.1) is 0 Å². The molecule has 1 N–H and O–H groups in total. The average molecular weight is 327 g/mol. The van der Waals surface area contributed by atoms with Crippen LogP contribution in [0.4, 0.5) is 5.69 Å². The highest BCUT2D eigenvalue weighted by Gasteiger charge is 2.21. The van der Waals surface area contributed by atoms with Gasteiger partial charge < -0.3 is 14.0 Å². The predicted octanol–water partition coefficient (Wildman–Crippen LogP) is 1.07. The van der Waals surface area contributed by atoms with Crippen LogP contribution >= 0.6 is 0 Å².